The van der Waals surface area contributed by atoms with Gasteiger partial charge in [0.1, 0.15) is 6.04 Å². The summed E-state index contributed by atoms with van der Waals surface area (Å²) in [5, 5.41) is 8.94. The van der Waals surface area contributed by atoms with Crippen molar-refractivity contribution in [2.75, 3.05) is 0 Å². The van der Waals surface area contributed by atoms with Gasteiger partial charge in [0.25, 0.3) is 0 Å². The first-order chi connectivity index (χ1) is 8.38. The molecule has 0 saturated carbocycles. The van der Waals surface area contributed by atoms with E-state index in [-0.39, 0.29) is 5.92 Å². The average Bonchev–Trinajstić information content (AvgIpc) is 2.32. The third-order valence-electron chi connectivity index (χ3n) is 3.76. The van der Waals surface area contributed by atoms with Gasteiger partial charge < -0.3 is 10.8 Å². The van der Waals surface area contributed by atoms with Crippen LogP contribution in [0.3, 0.4) is 0 Å². The predicted molar refractivity (Wildman–Crippen MR) is 73.9 cm³/mol. The molecule has 0 heterocycles. The van der Waals surface area contributed by atoms with Crippen molar-refractivity contribution in [3.8, 4) is 0 Å². The molecule has 1 aromatic carbocycles. The Morgan fingerprint density at radius 1 is 1.28 bits per heavy atom. The number of carbonyl (C=O) groups is 1. The molecule has 0 aliphatic heterocycles. The highest BCUT2D eigenvalue weighted by atomic mass is 16.4. The van der Waals surface area contributed by atoms with Crippen molar-refractivity contribution in [3.05, 3.63) is 34.4 Å². The minimum atomic E-state index is -0.920. The molecule has 2 unspecified atom stereocenters. The second kappa shape index (κ2) is 6.01. The van der Waals surface area contributed by atoms with Crippen LogP contribution in [0.1, 0.15) is 47.9 Å². The molecule has 0 saturated heterocycles. The van der Waals surface area contributed by atoms with Crippen LogP contribution in [-0.2, 0) is 4.79 Å². The highest BCUT2D eigenvalue weighted by molar-refractivity contribution is 5.73. The minimum Gasteiger partial charge on any atom is -0.480 e. The zero-order valence-electron chi connectivity index (χ0n) is 11.7. The Balaban J connectivity index is 3.09. The second-order valence-corrected chi connectivity index (χ2v) is 5.02. The first kappa shape index (κ1) is 14.7. The molecule has 3 nitrogen and oxygen atoms in total. The maximum absolute atomic E-state index is 10.9. The summed E-state index contributed by atoms with van der Waals surface area (Å²) in [6, 6.07) is 3.43. The maximum atomic E-state index is 10.9. The van der Waals surface area contributed by atoms with Crippen molar-refractivity contribution in [1.29, 1.82) is 0 Å². The van der Waals surface area contributed by atoms with E-state index in [1.807, 2.05) is 0 Å². The van der Waals surface area contributed by atoms with Gasteiger partial charge >= 0.3 is 5.97 Å². The minimum absolute atomic E-state index is 0.219. The van der Waals surface area contributed by atoms with Crippen LogP contribution in [0.2, 0.25) is 0 Å². The number of benzene rings is 1. The summed E-state index contributed by atoms with van der Waals surface area (Å²) in [6.45, 7) is 8.35. The number of rotatable bonds is 5. The SMILES string of the molecule is CCC(CC(N)C(=O)O)c1c(C)ccc(C)c1C. The standard InChI is InChI=1S/C15H23NO2/c1-5-12(8-13(16)15(17)18)14-10(3)7-6-9(2)11(14)4/h6-7,12-13H,5,8,16H2,1-4H3,(H,17,18). The third kappa shape index (κ3) is 3.10. The molecule has 2 atom stereocenters. The molecule has 0 bridgehead atoms. The van der Waals surface area contributed by atoms with Crippen molar-refractivity contribution in [3.63, 3.8) is 0 Å². The fourth-order valence-corrected chi connectivity index (χ4v) is 2.50. The van der Waals surface area contributed by atoms with E-state index in [0.29, 0.717) is 6.42 Å². The molecular weight excluding hydrogens is 226 g/mol. The molecule has 0 fully saturated rings. The zero-order chi connectivity index (χ0) is 13.9. The van der Waals surface area contributed by atoms with Gasteiger partial charge in [0.2, 0.25) is 0 Å². The Hall–Kier alpha value is -1.35. The monoisotopic (exact) mass is 249 g/mol. The van der Waals surface area contributed by atoms with Crippen molar-refractivity contribution < 1.29 is 9.90 Å². The van der Waals surface area contributed by atoms with E-state index in [0.717, 1.165) is 6.42 Å². The van der Waals surface area contributed by atoms with Crippen LogP contribution >= 0.6 is 0 Å². The lowest BCUT2D eigenvalue weighted by atomic mass is 9.83. The topological polar surface area (TPSA) is 63.3 Å². The fraction of sp³-hybridized carbons (Fsp3) is 0.533. The molecule has 3 heteroatoms. The molecule has 18 heavy (non-hydrogen) atoms. The van der Waals surface area contributed by atoms with Crippen LogP contribution < -0.4 is 5.73 Å². The lowest BCUT2D eigenvalue weighted by Gasteiger charge is -2.23. The Morgan fingerprint density at radius 2 is 1.83 bits per heavy atom. The van der Waals surface area contributed by atoms with Crippen LogP contribution in [-0.4, -0.2) is 17.1 Å². The van der Waals surface area contributed by atoms with Crippen molar-refractivity contribution in [1.82, 2.24) is 0 Å². The number of hydrogen-bond acceptors (Lipinski definition) is 2. The molecule has 0 aliphatic rings. The Kier molecular flexibility index (Phi) is 4.91. The maximum Gasteiger partial charge on any atom is 0.320 e. The highest BCUT2D eigenvalue weighted by Gasteiger charge is 2.21. The number of aliphatic carboxylic acids is 1. The van der Waals surface area contributed by atoms with Gasteiger partial charge in [-0.25, -0.2) is 0 Å². The van der Waals surface area contributed by atoms with Gasteiger partial charge in [-0.2, -0.15) is 0 Å². The summed E-state index contributed by atoms with van der Waals surface area (Å²) >= 11 is 0. The van der Waals surface area contributed by atoms with Crippen molar-refractivity contribution in [2.24, 2.45) is 5.73 Å². The number of hydrogen-bond donors (Lipinski definition) is 2. The molecule has 0 amide bonds. The van der Waals surface area contributed by atoms with Crippen LogP contribution in [0.15, 0.2) is 12.1 Å². The van der Waals surface area contributed by atoms with E-state index in [1.165, 1.54) is 22.3 Å². The molecule has 0 aromatic heterocycles. The van der Waals surface area contributed by atoms with E-state index in [9.17, 15) is 4.79 Å². The molecule has 1 rings (SSSR count). The van der Waals surface area contributed by atoms with E-state index in [4.69, 9.17) is 10.8 Å². The summed E-state index contributed by atoms with van der Waals surface area (Å²) in [4.78, 5) is 10.9. The third-order valence-corrected chi connectivity index (χ3v) is 3.76. The number of carboxylic acid groups (broad SMARTS) is 1. The second-order valence-electron chi connectivity index (χ2n) is 5.02. The molecule has 0 aliphatic carbocycles. The van der Waals surface area contributed by atoms with Crippen molar-refractivity contribution >= 4 is 5.97 Å². The smallest absolute Gasteiger partial charge is 0.320 e. The molecule has 1 aromatic rings. The summed E-state index contributed by atoms with van der Waals surface area (Å²) in [5.74, 6) is -0.701. The molecule has 0 spiro atoms. The zero-order valence-corrected chi connectivity index (χ0v) is 11.7. The average molecular weight is 249 g/mol. The lowest BCUT2D eigenvalue weighted by molar-refractivity contribution is -0.138. The van der Waals surface area contributed by atoms with Gasteiger partial charge in [-0.1, -0.05) is 19.1 Å². The highest BCUT2D eigenvalue weighted by Crippen LogP contribution is 2.31. The fourth-order valence-electron chi connectivity index (χ4n) is 2.50. The number of carboxylic acids is 1. The Labute approximate surface area is 109 Å². The first-order valence-electron chi connectivity index (χ1n) is 6.43. The van der Waals surface area contributed by atoms with Gasteiger partial charge in [0, 0.05) is 0 Å². The largest absolute Gasteiger partial charge is 0.480 e. The lowest BCUT2D eigenvalue weighted by Crippen LogP contribution is -2.32. The van der Waals surface area contributed by atoms with Crippen molar-refractivity contribution in [2.45, 2.75) is 52.5 Å². The van der Waals surface area contributed by atoms with Crippen LogP contribution in [0.25, 0.3) is 0 Å². The quantitative estimate of drug-likeness (QED) is 0.843. The van der Waals surface area contributed by atoms with Crippen LogP contribution in [0.5, 0.6) is 0 Å². The Morgan fingerprint density at radius 3 is 2.33 bits per heavy atom. The van der Waals surface area contributed by atoms with E-state index in [1.54, 1.807) is 0 Å². The van der Waals surface area contributed by atoms with Gasteiger partial charge in [-0.15, -0.1) is 0 Å². The molecule has 3 N–H and O–H groups in total. The van der Waals surface area contributed by atoms with E-state index >= 15 is 0 Å². The molecule has 0 radical (unpaired) electrons. The van der Waals surface area contributed by atoms with E-state index in [2.05, 4.69) is 39.8 Å². The molecule has 100 valence electrons. The van der Waals surface area contributed by atoms with E-state index < -0.39 is 12.0 Å². The summed E-state index contributed by atoms with van der Waals surface area (Å²) < 4.78 is 0. The first-order valence-corrected chi connectivity index (χ1v) is 6.43. The number of aryl methyl sites for hydroxylation is 2. The van der Waals surface area contributed by atoms with Gasteiger partial charge in [-0.3, -0.25) is 4.79 Å². The Bertz CT molecular complexity index is 440. The summed E-state index contributed by atoms with van der Waals surface area (Å²) in [7, 11) is 0. The summed E-state index contributed by atoms with van der Waals surface area (Å²) in [5.41, 5.74) is 10.7. The van der Waals surface area contributed by atoms with Crippen LogP contribution in [0, 0.1) is 20.8 Å². The van der Waals surface area contributed by atoms with Gasteiger partial charge in [0.05, 0.1) is 0 Å². The van der Waals surface area contributed by atoms with Gasteiger partial charge in [-0.05, 0) is 61.8 Å². The predicted octanol–water partition coefficient (Wildman–Crippen LogP) is 2.91. The number of nitrogens with two attached hydrogens (primary N) is 1. The van der Waals surface area contributed by atoms with Crippen LogP contribution in [0.4, 0.5) is 0 Å². The summed E-state index contributed by atoms with van der Waals surface area (Å²) in [6.07, 6.45) is 1.41. The van der Waals surface area contributed by atoms with Gasteiger partial charge in [0.15, 0.2) is 0 Å². The molecular formula is C15H23NO2. The normalized spacial score (nSPS) is 14.3.